The van der Waals surface area contributed by atoms with E-state index in [2.05, 4.69) is 25.9 Å². The number of ether oxygens (including phenoxy) is 1. The van der Waals surface area contributed by atoms with Crippen LogP contribution in [0, 0.1) is 0 Å². The van der Waals surface area contributed by atoms with Gasteiger partial charge < -0.3 is 4.74 Å². The Morgan fingerprint density at radius 2 is 2.00 bits per heavy atom. The number of hydrogen-bond acceptors (Lipinski definition) is 5. The average Bonchev–Trinajstić information content (AvgIpc) is 2.25. The molecule has 0 saturated carbocycles. The summed E-state index contributed by atoms with van der Waals surface area (Å²) in [4.78, 5) is 7.93. The van der Waals surface area contributed by atoms with E-state index in [0.717, 1.165) is 6.26 Å². The van der Waals surface area contributed by atoms with Gasteiger partial charge >= 0.3 is 0 Å². The second-order valence-corrected chi connectivity index (χ2v) is 6.45. The summed E-state index contributed by atoms with van der Waals surface area (Å²) in [5.41, 5.74) is 0. The van der Waals surface area contributed by atoms with Crippen LogP contribution < -0.4 is 4.74 Å². The van der Waals surface area contributed by atoms with Gasteiger partial charge in [0.05, 0.1) is 19.0 Å². The fraction of sp³-hybridized carbons (Fsp3) is 0.556. The first-order valence-corrected chi connectivity index (χ1v) is 7.72. The van der Waals surface area contributed by atoms with Crippen molar-refractivity contribution in [1.82, 2.24) is 9.97 Å². The van der Waals surface area contributed by atoms with Gasteiger partial charge in [-0.25, -0.2) is 18.4 Å². The lowest BCUT2D eigenvalue weighted by Gasteiger charge is -2.08. The smallest absolute Gasteiger partial charge is 0.157 e. The van der Waals surface area contributed by atoms with Crippen molar-refractivity contribution in [3.8, 4) is 5.75 Å². The number of sulfone groups is 1. The minimum Gasteiger partial charge on any atom is -0.489 e. The largest absolute Gasteiger partial charge is 0.489 e. The van der Waals surface area contributed by atoms with Crippen molar-refractivity contribution in [3.05, 3.63) is 18.2 Å². The fourth-order valence-corrected chi connectivity index (χ4v) is 1.63. The third-order valence-corrected chi connectivity index (χ3v) is 3.82. The van der Waals surface area contributed by atoms with Crippen LogP contribution in [-0.2, 0) is 9.84 Å². The van der Waals surface area contributed by atoms with Crippen molar-refractivity contribution >= 4 is 25.8 Å². The second-order valence-electron chi connectivity index (χ2n) is 3.29. The number of hydrogen-bond donors (Lipinski definition) is 0. The highest BCUT2D eigenvalue weighted by molar-refractivity contribution is 9.09. The summed E-state index contributed by atoms with van der Waals surface area (Å²) in [5.74, 6) is 0.817. The van der Waals surface area contributed by atoms with E-state index in [1.54, 1.807) is 6.92 Å². The van der Waals surface area contributed by atoms with Crippen molar-refractivity contribution in [3.63, 3.8) is 0 Å². The quantitative estimate of drug-likeness (QED) is 0.768. The van der Waals surface area contributed by atoms with E-state index < -0.39 is 15.1 Å². The van der Waals surface area contributed by atoms with Crippen molar-refractivity contribution < 1.29 is 13.2 Å². The Kier molecular flexibility index (Phi) is 4.67. The first-order chi connectivity index (χ1) is 7.45. The van der Waals surface area contributed by atoms with E-state index in [0.29, 0.717) is 17.7 Å². The van der Waals surface area contributed by atoms with Crippen LogP contribution in [0.4, 0.5) is 0 Å². The summed E-state index contributed by atoms with van der Waals surface area (Å²) in [6, 6.07) is 0. The maximum absolute atomic E-state index is 11.3. The molecule has 0 aliphatic carbocycles. The maximum atomic E-state index is 11.3. The lowest BCUT2D eigenvalue weighted by molar-refractivity contribution is 0.341. The van der Waals surface area contributed by atoms with E-state index in [-0.39, 0.29) is 5.82 Å². The lowest BCUT2D eigenvalue weighted by Crippen LogP contribution is -2.11. The Balaban J connectivity index is 2.79. The first-order valence-electron chi connectivity index (χ1n) is 4.64. The molecular weight excluding hydrogens is 296 g/mol. The molecule has 0 fully saturated rings. The molecule has 0 aliphatic rings. The molecule has 1 unspecified atom stereocenters. The van der Waals surface area contributed by atoms with Gasteiger partial charge in [-0.2, -0.15) is 0 Å². The summed E-state index contributed by atoms with van der Waals surface area (Å²) in [6.07, 6.45) is 4.12. The standard InChI is InChI=1S/C9H13BrN2O3S/c1-7(16(2,13)14)9-11-5-8(6-12-9)15-4-3-10/h5-7H,3-4H2,1-2H3. The highest BCUT2D eigenvalue weighted by atomic mass is 79.9. The number of halogens is 1. The molecule has 1 aromatic rings. The number of rotatable bonds is 5. The third kappa shape index (κ3) is 3.71. The molecule has 0 bridgehead atoms. The van der Waals surface area contributed by atoms with Crippen LogP contribution in [-0.4, -0.2) is 36.6 Å². The summed E-state index contributed by atoms with van der Waals surface area (Å²) in [5, 5.41) is 0.0202. The van der Waals surface area contributed by atoms with Gasteiger partial charge in [-0.05, 0) is 6.92 Å². The molecule has 5 nitrogen and oxygen atoms in total. The SMILES string of the molecule is CC(c1ncc(OCCBr)cn1)S(C)(=O)=O. The van der Waals surface area contributed by atoms with Crippen LogP contribution in [0.5, 0.6) is 5.75 Å². The van der Waals surface area contributed by atoms with Gasteiger partial charge in [-0.1, -0.05) is 15.9 Å². The Bertz CT molecular complexity index is 433. The van der Waals surface area contributed by atoms with E-state index in [9.17, 15) is 8.42 Å². The Hall–Kier alpha value is -0.690. The number of alkyl halides is 1. The Morgan fingerprint density at radius 1 is 1.44 bits per heavy atom. The third-order valence-electron chi connectivity index (χ3n) is 2.00. The minimum absolute atomic E-state index is 0.286. The average molecular weight is 309 g/mol. The molecule has 0 amide bonds. The van der Waals surface area contributed by atoms with Gasteiger partial charge in [0.15, 0.2) is 15.6 Å². The molecule has 90 valence electrons. The highest BCUT2D eigenvalue weighted by Crippen LogP contribution is 2.17. The monoisotopic (exact) mass is 308 g/mol. The predicted octanol–water partition coefficient (Wildman–Crippen LogP) is 1.36. The normalized spacial score (nSPS) is 13.4. The number of nitrogens with zero attached hydrogens (tertiary/aromatic N) is 2. The van der Waals surface area contributed by atoms with E-state index in [1.165, 1.54) is 12.4 Å². The molecule has 16 heavy (non-hydrogen) atoms. The molecule has 1 heterocycles. The second kappa shape index (κ2) is 5.58. The predicted molar refractivity (Wildman–Crippen MR) is 64.6 cm³/mol. The summed E-state index contributed by atoms with van der Waals surface area (Å²) in [6.45, 7) is 2.08. The van der Waals surface area contributed by atoms with Gasteiger partial charge in [0.1, 0.15) is 11.1 Å². The molecule has 1 atom stereocenters. The highest BCUT2D eigenvalue weighted by Gasteiger charge is 2.19. The van der Waals surface area contributed by atoms with Gasteiger partial charge in [0.25, 0.3) is 0 Å². The van der Waals surface area contributed by atoms with Crippen LogP contribution in [0.25, 0.3) is 0 Å². The van der Waals surface area contributed by atoms with E-state index >= 15 is 0 Å². The zero-order valence-corrected chi connectivity index (χ0v) is 11.5. The summed E-state index contributed by atoms with van der Waals surface area (Å²) in [7, 11) is -3.16. The van der Waals surface area contributed by atoms with Crippen LogP contribution >= 0.6 is 15.9 Å². The molecule has 1 aromatic heterocycles. The molecule has 0 radical (unpaired) electrons. The topological polar surface area (TPSA) is 69.2 Å². The van der Waals surface area contributed by atoms with Crippen LogP contribution in [0.3, 0.4) is 0 Å². The summed E-state index contributed by atoms with van der Waals surface area (Å²) < 4.78 is 27.8. The van der Waals surface area contributed by atoms with Gasteiger partial charge in [-0.15, -0.1) is 0 Å². The molecule has 0 aromatic carbocycles. The zero-order valence-electron chi connectivity index (χ0n) is 9.05. The van der Waals surface area contributed by atoms with Crippen molar-refractivity contribution in [2.24, 2.45) is 0 Å². The number of aromatic nitrogens is 2. The molecule has 0 saturated heterocycles. The molecule has 0 N–H and O–H groups in total. The summed E-state index contributed by atoms with van der Waals surface area (Å²) >= 11 is 3.23. The molecular formula is C9H13BrN2O3S. The Morgan fingerprint density at radius 3 is 2.44 bits per heavy atom. The first kappa shape index (κ1) is 13.4. The Labute approximate surface area is 103 Å². The molecule has 7 heteroatoms. The lowest BCUT2D eigenvalue weighted by atomic mass is 10.4. The van der Waals surface area contributed by atoms with Crippen molar-refractivity contribution in [1.29, 1.82) is 0 Å². The van der Waals surface area contributed by atoms with Crippen molar-refractivity contribution in [2.75, 3.05) is 18.2 Å². The molecule has 0 spiro atoms. The zero-order chi connectivity index (χ0) is 12.2. The van der Waals surface area contributed by atoms with Gasteiger partial charge in [0, 0.05) is 11.6 Å². The van der Waals surface area contributed by atoms with Crippen LogP contribution in [0.2, 0.25) is 0 Å². The van der Waals surface area contributed by atoms with E-state index in [4.69, 9.17) is 4.74 Å². The molecule has 0 aliphatic heterocycles. The van der Waals surface area contributed by atoms with Crippen molar-refractivity contribution in [2.45, 2.75) is 12.2 Å². The van der Waals surface area contributed by atoms with Crippen LogP contribution in [0.1, 0.15) is 18.0 Å². The fourth-order valence-electron chi connectivity index (χ4n) is 0.959. The minimum atomic E-state index is -3.16. The van der Waals surface area contributed by atoms with Gasteiger partial charge in [-0.3, -0.25) is 0 Å². The van der Waals surface area contributed by atoms with E-state index in [1.807, 2.05) is 0 Å². The molecule has 1 rings (SSSR count). The van der Waals surface area contributed by atoms with Gasteiger partial charge in [0.2, 0.25) is 0 Å². The van der Waals surface area contributed by atoms with Crippen LogP contribution in [0.15, 0.2) is 12.4 Å². The maximum Gasteiger partial charge on any atom is 0.157 e.